The number of carbonyl (C=O) groups is 2. The van der Waals surface area contributed by atoms with Crippen LogP contribution in [-0.4, -0.2) is 21.6 Å². The molecule has 3 aromatic carbocycles. The minimum absolute atomic E-state index is 0.182. The number of amides is 2. The molecule has 1 unspecified atom stereocenters. The van der Waals surface area contributed by atoms with Gasteiger partial charge in [0.25, 0.3) is 0 Å². The molecule has 0 spiro atoms. The first kappa shape index (κ1) is 22.2. The minimum Gasteiger partial charge on any atom is -0.439 e. The first-order chi connectivity index (χ1) is 17.0. The Labute approximate surface area is 203 Å². The fourth-order valence-corrected chi connectivity index (χ4v) is 4.25. The monoisotopic (exact) mass is 464 g/mol. The van der Waals surface area contributed by atoms with Crippen molar-refractivity contribution >= 4 is 11.8 Å². The summed E-state index contributed by atoms with van der Waals surface area (Å²) in [7, 11) is 0. The lowest BCUT2D eigenvalue weighted by Gasteiger charge is -2.29. The van der Waals surface area contributed by atoms with Crippen LogP contribution in [0.1, 0.15) is 34.6 Å². The summed E-state index contributed by atoms with van der Waals surface area (Å²) in [5.74, 6) is 0.860. The number of rotatable bonds is 6. The summed E-state index contributed by atoms with van der Waals surface area (Å²) in [6, 6.07) is 26.8. The van der Waals surface area contributed by atoms with Crippen LogP contribution in [0.15, 0.2) is 102 Å². The first-order valence-electron chi connectivity index (χ1n) is 11.3. The van der Waals surface area contributed by atoms with E-state index in [2.05, 4.69) is 10.6 Å². The number of ketones is 1. The van der Waals surface area contributed by atoms with E-state index in [-0.39, 0.29) is 5.78 Å². The van der Waals surface area contributed by atoms with E-state index in [0.717, 1.165) is 5.69 Å². The van der Waals surface area contributed by atoms with Crippen LogP contribution >= 0.6 is 0 Å². The molecule has 0 fully saturated rings. The van der Waals surface area contributed by atoms with Crippen molar-refractivity contribution in [1.29, 1.82) is 0 Å². The zero-order valence-corrected chi connectivity index (χ0v) is 19.4. The zero-order chi connectivity index (χ0) is 24.4. The Morgan fingerprint density at radius 1 is 0.886 bits per heavy atom. The quantitative estimate of drug-likeness (QED) is 0.370. The Kier molecular flexibility index (Phi) is 5.89. The van der Waals surface area contributed by atoms with Gasteiger partial charge in [-0.1, -0.05) is 66.7 Å². The first-order valence-corrected chi connectivity index (χ1v) is 11.3. The van der Waals surface area contributed by atoms with Gasteiger partial charge in [0.1, 0.15) is 5.75 Å². The summed E-state index contributed by atoms with van der Waals surface area (Å²) >= 11 is 0. The highest BCUT2D eigenvalue weighted by Gasteiger charge is 2.37. The molecule has 2 amide bonds. The number of ether oxygens (including phenoxy) is 1. The lowest BCUT2D eigenvalue weighted by atomic mass is 9.89. The van der Waals surface area contributed by atoms with Crippen LogP contribution in [0.2, 0.25) is 0 Å². The Balaban J connectivity index is 1.70. The second kappa shape index (κ2) is 9.30. The number of hydrogen-bond acceptors (Lipinski definition) is 4. The number of allylic oxidation sites excluding steroid dienone is 1. The average Bonchev–Trinajstić information content (AvgIpc) is 3.20. The van der Waals surface area contributed by atoms with E-state index < -0.39 is 12.1 Å². The Morgan fingerprint density at radius 2 is 1.49 bits per heavy atom. The molecule has 1 aliphatic rings. The highest BCUT2D eigenvalue weighted by Crippen LogP contribution is 2.39. The summed E-state index contributed by atoms with van der Waals surface area (Å²) in [6.45, 7) is 3.58. The highest BCUT2D eigenvalue weighted by molar-refractivity contribution is 6.11. The number of Topliss-reactive ketones (excluding diaryl/α,β-unsaturated/α-hetero) is 1. The van der Waals surface area contributed by atoms with Crippen molar-refractivity contribution in [1.82, 2.24) is 20.4 Å². The number of nitrogens with zero attached hydrogens (tertiary/aromatic N) is 2. The summed E-state index contributed by atoms with van der Waals surface area (Å²) in [5.41, 5.74) is 3.51. The molecule has 1 atom stereocenters. The number of hydrogen-bond donors (Lipinski definition) is 2. The molecule has 174 valence electrons. The van der Waals surface area contributed by atoms with Crippen molar-refractivity contribution in [2.45, 2.75) is 19.9 Å². The molecule has 7 heteroatoms. The number of urea groups is 1. The molecule has 0 aliphatic carbocycles. The van der Waals surface area contributed by atoms with Gasteiger partial charge in [-0.15, -0.1) is 0 Å². The fourth-order valence-electron chi connectivity index (χ4n) is 4.25. The molecule has 2 heterocycles. The van der Waals surface area contributed by atoms with Crippen molar-refractivity contribution in [3.8, 4) is 17.3 Å². The van der Waals surface area contributed by atoms with Crippen LogP contribution in [0.4, 0.5) is 4.79 Å². The number of aryl methyl sites for hydroxylation is 1. The maximum Gasteiger partial charge on any atom is 0.319 e. The van der Waals surface area contributed by atoms with Gasteiger partial charge in [0.05, 0.1) is 23.0 Å². The maximum absolute atomic E-state index is 13.6. The van der Waals surface area contributed by atoms with Gasteiger partial charge in [-0.05, 0) is 38.1 Å². The van der Waals surface area contributed by atoms with E-state index in [1.54, 1.807) is 23.7 Å². The van der Waals surface area contributed by atoms with Gasteiger partial charge in [-0.2, -0.15) is 5.10 Å². The third kappa shape index (κ3) is 4.31. The molecule has 7 nitrogen and oxygen atoms in total. The van der Waals surface area contributed by atoms with Crippen LogP contribution in [0.25, 0.3) is 5.69 Å². The molecular formula is C28H24N4O3. The standard InChI is InChI=1S/C28H24N4O3/c1-18-23(26(33)20-12-6-3-7-13-20)25(30-28(34)29-18)24-19(2)31-32(21-14-8-4-9-15-21)27(24)35-22-16-10-5-11-17-22/h3-17,25H,1-2H3,(H2,29,30,34). The molecule has 1 aliphatic heterocycles. The number of benzene rings is 3. The molecule has 2 N–H and O–H groups in total. The van der Waals surface area contributed by atoms with Crippen LogP contribution in [-0.2, 0) is 0 Å². The third-order valence-electron chi connectivity index (χ3n) is 5.86. The normalized spacial score (nSPS) is 15.4. The number of para-hydroxylation sites is 2. The molecule has 0 saturated carbocycles. The molecule has 35 heavy (non-hydrogen) atoms. The second-order valence-electron chi connectivity index (χ2n) is 8.23. The summed E-state index contributed by atoms with van der Waals surface area (Å²) < 4.78 is 8.07. The minimum atomic E-state index is -0.757. The van der Waals surface area contributed by atoms with E-state index in [1.165, 1.54) is 0 Å². The lowest BCUT2D eigenvalue weighted by Crippen LogP contribution is -2.45. The van der Waals surface area contributed by atoms with Crippen LogP contribution in [0.5, 0.6) is 11.6 Å². The Morgan fingerprint density at radius 3 is 2.14 bits per heavy atom. The summed E-state index contributed by atoms with van der Waals surface area (Å²) in [6.07, 6.45) is 0. The van der Waals surface area contributed by atoms with Crippen LogP contribution < -0.4 is 15.4 Å². The topological polar surface area (TPSA) is 85.2 Å². The van der Waals surface area contributed by atoms with Gasteiger partial charge in [0.15, 0.2) is 5.78 Å². The second-order valence-corrected chi connectivity index (χ2v) is 8.23. The number of nitrogens with one attached hydrogen (secondary N) is 2. The smallest absolute Gasteiger partial charge is 0.319 e. The van der Waals surface area contributed by atoms with E-state index in [9.17, 15) is 9.59 Å². The van der Waals surface area contributed by atoms with Crippen molar-refractivity contribution in [2.75, 3.05) is 0 Å². The molecule has 1 aromatic heterocycles. The Hall–Kier alpha value is -4.65. The van der Waals surface area contributed by atoms with Gasteiger partial charge < -0.3 is 15.4 Å². The zero-order valence-electron chi connectivity index (χ0n) is 19.4. The largest absolute Gasteiger partial charge is 0.439 e. The van der Waals surface area contributed by atoms with Crippen molar-refractivity contribution in [3.05, 3.63) is 119 Å². The lowest BCUT2D eigenvalue weighted by molar-refractivity contribution is 0.102. The van der Waals surface area contributed by atoms with Gasteiger partial charge in [0.2, 0.25) is 5.88 Å². The average molecular weight is 465 g/mol. The van der Waals surface area contributed by atoms with Crippen LogP contribution in [0.3, 0.4) is 0 Å². The number of aromatic nitrogens is 2. The van der Waals surface area contributed by atoms with E-state index in [0.29, 0.717) is 39.7 Å². The number of carbonyl (C=O) groups excluding carboxylic acids is 2. The van der Waals surface area contributed by atoms with Crippen molar-refractivity contribution in [3.63, 3.8) is 0 Å². The molecule has 0 radical (unpaired) electrons. The van der Waals surface area contributed by atoms with E-state index in [1.807, 2.05) is 85.8 Å². The molecule has 5 rings (SSSR count). The fraction of sp³-hybridized carbons (Fsp3) is 0.107. The molecule has 0 saturated heterocycles. The SMILES string of the molecule is CC1=C(C(=O)c2ccccc2)C(c2c(C)nn(-c3ccccc3)c2Oc2ccccc2)NC(=O)N1. The molecule has 0 bridgehead atoms. The highest BCUT2D eigenvalue weighted by atomic mass is 16.5. The molecule has 4 aromatic rings. The third-order valence-corrected chi connectivity index (χ3v) is 5.86. The maximum atomic E-state index is 13.6. The summed E-state index contributed by atoms with van der Waals surface area (Å²) in [5, 5.41) is 10.4. The van der Waals surface area contributed by atoms with Crippen molar-refractivity contribution in [2.24, 2.45) is 0 Å². The predicted octanol–water partition coefficient (Wildman–Crippen LogP) is 5.48. The molecular weight excluding hydrogens is 440 g/mol. The van der Waals surface area contributed by atoms with Crippen LogP contribution in [0, 0.1) is 6.92 Å². The van der Waals surface area contributed by atoms with Crippen molar-refractivity contribution < 1.29 is 14.3 Å². The predicted molar refractivity (Wildman–Crippen MR) is 133 cm³/mol. The van der Waals surface area contributed by atoms with Gasteiger partial charge in [-0.25, -0.2) is 9.48 Å². The van der Waals surface area contributed by atoms with Gasteiger partial charge in [0, 0.05) is 16.8 Å². The Bertz CT molecular complexity index is 1410. The van der Waals surface area contributed by atoms with E-state index >= 15 is 0 Å². The van der Waals surface area contributed by atoms with Gasteiger partial charge >= 0.3 is 6.03 Å². The van der Waals surface area contributed by atoms with E-state index in [4.69, 9.17) is 9.84 Å². The summed E-state index contributed by atoms with van der Waals surface area (Å²) in [4.78, 5) is 26.2. The van der Waals surface area contributed by atoms with Gasteiger partial charge in [-0.3, -0.25) is 4.79 Å².